The predicted molar refractivity (Wildman–Crippen MR) is 93.9 cm³/mol. The number of piperazine rings is 1. The minimum Gasteiger partial charge on any atom is -0.352 e. The van der Waals surface area contributed by atoms with Crippen LogP contribution in [0.4, 0.5) is 9.18 Å². The number of amides is 3. The van der Waals surface area contributed by atoms with E-state index >= 15 is 0 Å². The molecule has 2 aromatic rings. The average molecular weight is 375 g/mol. The Labute approximate surface area is 156 Å². The van der Waals surface area contributed by atoms with Crippen LogP contribution in [-0.4, -0.2) is 40.1 Å². The number of carbonyl (C=O) groups is 2. The molecule has 2 heterocycles. The van der Waals surface area contributed by atoms with Crippen molar-refractivity contribution >= 4 is 11.9 Å². The molecule has 1 fully saturated rings. The van der Waals surface area contributed by atoms with E-state index in [-0.39, 0.29) is 12.5 Å². The van der Waals surface area contributed by atoms with Crippen LogP contribution in [0.5, 0.6) is 0 Å². The summed E-state index contributed by atoms with van der Waals surface area (Å²) in [5, 5.41) is 9.31. The molecule has 0 bridgehead atoms. The first-order chi connectivity index (χ1) is 12.9. The predicted octanol–water partition coefficient (Wildman–Crippen LogP) is 1.79. The zero-order chi connectivity index (χ0) is 19.4. The standard InChI is InChI=1S/C18H22FN5O3/c1-11(2)9-14-22-15(27-23-14)10-21-18(26)24-8-7-20-17(25)16(24)12-3-5-13(19)6-4-12/h3-6,11,16H,7-10H2,1-2H3,(H,20,25)(H,21,26). The monoisotopic (exact) mass is 375 g/mol. The van der Waals surface area contributed by atoms with Crippen molar-refractivity contribution in [2.24, 2.45) is 5.92 Å². The fourth-order valence-corrected chi connectivity index (χ4v) is 2.92. The van der Waals surface area contributed by atoms with Gasteiger partial charge in [0, 0.05) is 19.5 Å². The number of rotatable bonds is 5. The lowest BCUT2D eigenvalue weighted by molar-refractivity contribution is -0.127. The van der Waals surface area contributed by atoms with E-state index < -0.39 is 17.9 Å². The summed E-state index contributed by atoms with van der Waals surface area (Å²) >= 11 is 0. The second kappa shape index (κ2) is 8.15. The molecule has 1 unspecified atom stereocenters. The summed E-state index contributed by atoms with van der Waals surface area (Å²) in [4.78, 5) is 30.6. The maximum Gasteiger partial charge on any atom is 0.318 e. The molecule has 3 amide bonds. The summed E-state index contributed by atoms with van der Waals surface area (Å²) in [7, 11) is 0. The zero-order valence-corrected chi connectivity index (χ0v) is 15.2. The third-order valence-corrected chi connectivity index (χ3v) is 4.15. The molecule has 1 aromatic carbocycles. The number of urea groups is 1. The molecular weight excluding hydrogens is 353 g/mol. The minimum absolute atomic E-state index is 0.0676. The molecule has 1 aliphatic rings. The van der Waals surface area contributed by atoms with Gasteiger partial charge in [0.05, 0.1) is 6.54 Å². The number of hydrogen-bond acceptors (Lipinski definition) is 5. The van der Waals surface area contributed by atoms with Crippen LogP contribution in [0.3, 0.4) is 0 Å². The minimum atomic E-state index is -0.821. The third kappa shape index (κ3) is 4.60. The van der Waals surface area contributed by atoms with Crippen molar-refractivity contribution in [3.05, 3.63) is 47.4 Å². The van der Waals surface area contributed by atoms with Crippen LogP contribution in [0.15, 0.2) is 28.8 Å². The quantitative estimate of drug-likeness (QED) is 0.830. The van der Waals surface area contributed by atoms with Crippen molar-refractivity contribution in [2.75, 3.05) is 13.1 Å². The Morgan fingerprint density at radius 2 is 2.15 bits per heavy atom. The second-order valence-corrected chi connectivity index (χ2v) is 6.80. The Kier molecular flexibility index (Phi) is 5.68. The Balaban J connectivity index is 1.67. The van der Waals surface area contributed by atoms with Crippen LogP contribution in [0, 0.1) is 11.7 Å². The molecule has 1 aliphatic heterocycles. The van der Waals surface area contributed by atoms with Crippen LogP contribution in [0.25, 0.3) is 0 Å². The molecular formula is C18H22FN5O3. The van der Waals surface area contributed by atoms with Crippen molar-refractivity contribution in [3.8, 4) is 0 Å². The van der Waals surface area contributed by atoms with E-state index in [2.05, 4.69) is 34.6 Å². The van der Waals surface area contributed by atoms with E-state index in [0.717, 1.165) is 0 Å². The molecule has 3 rings (SSSR count). The van der Waals surface area contributed by atoms with Crippen molar-refractivity contribution in [1.29, 1.82) is 0 Å². The molecule has 0 saturated carbocycles. The Bertz CT molecular complexity index is 806. The highest BCUT2D eigenvalue weighted by molar-refractivity contribution is 5.89. The van der Waals surface area contributed by atoms with E-state index in [9.17, 15) is 14.0 Å². The molecule has 9 heteroatoms. The first-order valence-corrected chi connectivity index (χ1v) is 8.83. The number of nitrogens with zero attached hydrogens (tertiary/aromatic N) is 3. The van der Waals surface area contributed by atoms with E-state index in [1.54, 1.807) is 0 Å². The van der Waals surface area contributed by atoms with Gasteiger partial charge in [-0.05, 0) is 23.6 Å². The summed E-state index contributed by atoms with van der Waals surface area (Å²) in [6.07, 6.45) is 0.691. The van der Waals surface area contributed by atoms with E-state index in [1.807, 2.05) is 0 Å². The van der Waals surface area contributed by atoms with Gasteiger partial charge >= 0.3 is 6.03 Å². The van der Waals surface area contributed by atoms with Gasteiger partial charge in [-0.1, -0.05) is 31.1 Å². The van der Waals surface area contributed by atoms with Crippen molar-refractivity contribution in [1.82, 2.24) is 25.7 Å². The lowest BCUT2D eigenvalue weighted by Gasteiger charge is -2.35. The summed E-state index contributed by atoms with van der Waals surface area (Å²) in [5.41, 5.74) is 0.542. The van der Waals surface area contributed by atoms with Gasteiger partial charge in [-0.2, -0.15) is 4.98 Å². The van der Waals surface area contributed by atoms with Crippen LogP contribution in [-0.2, 0) is 17.8 Å². The highest BCUT2D eigenvalue weighted by atomic mass is 19.1. The largest absolute Gasteiger partial charge is 0.352 e. The summed E-state index contributed by atoms with van der Waals surface area (Å²) in [6, 6.07) is 4.29. The SMILES string of the molecule is CC(C)Cc1noc(CNC(=O)N2CCNC(=O)C2c2ccc(F)cc2)n1. The van der Waals surface area contributed by atoms with E-state index in [1.165, 1.54) is 29.2 Å². The highest BCUT2D eigenvalue weighted by Gasteiger charge is 2.34. The normalized spacial score (nSPS) is 17.1. The molecule has 8 nitrogen and oxygen atoms in total. The lowest BCUT2D eigenvalue weighted by Crippen LogP contribution is -2.54. The number of carbonyl (C=O) groups excluding carboxylic acids is 2. The highest BCUT2D eigenvalue weighted by Crippen LogP contribution is 2.23. The van der Waals surface area contributed by atoms with Gasteiger partial charge < -0.3 is 20.1 Å². The van der Waals surface area contributed by atoms with E-state index in [4.69, 9.17) is 4.52 Å². The van der Waals surface area contributed by atoms with Gasteiger partial charge in [0.1, 0.15) is 11.9 Å². The third-order valence-electron chi connectivity index (χ3n) is 4.15. The fourth-order valence-electron chi connectivity index (χ4n) is 2.92. The molecule has 0 aliphatic carbocycles. The van der Waals surface area contributed by atoms with Crippen molar-refractivity contribution < 1.29 is 18.5 Å². The van der Waals surface area contributed by atoms with Gasteiger partial charge in [-0.25, -0.2) is 9.18 Å². The fraction of sp³-hybridized carbons (Fsp3) is 0.444. The first kappa shape index (κ1) is 18.8. The van der Waals surface area contributed by atoms with Crippen LogP contribution in [0.2, 0.25) is 0 Å². The number of aromatic nitrogens is 2. The second-order valence-electron chi connectivity index (χ2n) is 6.80. The van der Waals surface area contributed by atoms with E-state index in [0.29, 0.717) is 42.7 Å². The van der Waals surface area contributed by atoms with Gasteiger partial charge in [0.2, 0.25) is 11.8 Å². The summed E-state index contributed by atoms with van der Waals surface area (Å²) < 4.78 is 18.3. The number of benzene rings is 1. The Morgan fingerprint density at radius 1 is 1.41 bits per heavy atom. The van der Waals surface area contributed by atoms with Gasteiger partial charge in [-0.15, -0.1) is 0 Å². The molecule has 1 atom stereocenters. The molecule has 27 heavy (non-hydrogen) atoms. The average Bonchev–Trinajstić information content (AvgIpc) is 3.07. The van der Waals surface area contributed by atoms with Gasteiger partial charge in [0.15, 0.2) is 5.82 Å². The van der Waals surface area contributed by atoms with Crippen molar-refractivity contribution in [2.45, 2.75) is 32.9 Å². The molecule has 0 radical (unpaired) electrons. The van der Waals surface area contributed by atoms with Gasteiger partial charge in [0.25, 0.3) is 0 Å². The Morgan fingerprint density at radius 3 is 2.85 bits per heavy atom. The van der Waals surface area contributed by atoms with Gasteiger partial charge in [-0.3, -0.25) is 4.79 Å². The molecule has 0 spiro atoms. The maximum atomic E-state index is 13.2. The van der Waals surface area contributed by atoms with Crippen LogP contribution in [0.1, 0.15) is 37.2 Å². The molecule has 1 aromatic heterocycles. The summed E-state index contributed by atoms with van der Waals surface area (Å²) in [6.45, 7) is 4.85. The zero-order valence-electron chi connectivity index (χ0n) is 15.2. The maximum absolute atomic E-state index is 13.2. The molecule has 1 saturated heterocycles. The topological polar surface area (TPSA) is 100 Å². The lowest BCUT2D eigenvalue weighted by atomic mass is 10.0. The molecule has 2 N–H and O–H groups in total. The van der Waals surface area contributed by atoms with Crippen LogP contribution >= 0.6 is 0 Å². The smallest absolute Gasteiger partial charge is 0.318 e. The number of halogens is 1. The Hall–Kier alpha value is -2.97. The number of hydrogen-bond donors (Lipinski definition) is 2. The number of nitrogens with one attached hydrogen (secondary N) is 2. The first-order valence-electron chi connectivity index (χ1n) is 8.83. The summed E-state index contributed by atoms with van der Waals surface area (Å²) in [5.74, 6) is 0.586. The van der Waals surface area contributed by atoms with Crippen molar-refractivity contribution in [3.63, 3.8) is 0 Å². The van der Waals surface area contributed by atoms with Crippen LogP contribution < -0.4 is 10.6 Å². The molecule has 144 valence electrons.